The first-order chi connectivity index (χ1) is 8.74. The Morgan fingerprint density at radius 1 is 1.44 bits per heavy atom. The van der Waals surface area contributed by atoms with Crippen LogP contribution in [-0.4, -0.2) is 25.9 Å². The molecule has 3 heteroatoms. The van der Waals surface area contributed by atoms with Gasteiger partial charge in [-0.2, -0.15) is 0 Å². The van der Waals surface area contributed by atoms with E-state index >= 15 is 0 Å². The molecule has 1 N–H and O–H groups in total. The molecule has 2 rings (SSSR count). The summed E-state index contributed by atoms with van der Waals surface area (Å²) in [6.45, 7) is 5.22. The fourth-order valence-electron chi connectivity index (χ4n) is 2.60. The van der Waals surface area contributed by atoms with Crippen LogP contribution in [0.15, 0.2) is 24.3 Å². The predicted molar refractivity (Wildman–Crippen MR) is 73.0 cm³/mol. The molecule has 0 spiro atoms. The molecule has 1 fully saturated rings. The number of hydrogen-bond donors (Lipinski definition) is 1. The molecule has 0 aliphatic carbocycles. The van der Waals surface area contributed by atoms with E-state index in [-0.39, 0.29) is 12.1 Å². The highest BCUT2D eigenvalue weighted by Gasteiger charge is 2.30. The molecule has 0 saturated carbocycles. The van der Waals surface area contributed by atoms with E-state index in [9.17, 15) is 0 Å². The monoisotopic (exact) mass is 249 g/mol. The topological polar surface area (TPSA) is 30.5 Å². The molecule has 3 atom stereocenters. The second kappa shape index (κ2) is 6.21. The van der Waals surface area contributed by atoms with Crippen molar-refractivity contribution in [3.8, 4) is 5.75 Å². The largest absolute Gasteiger partial charge is 0.497 e. The van der Waals surface area contributed by atoms with Crippen LogP contribution < -0.4 is 10.1 Å². The van der Waals surface area contributed by atoms with Crippen molar-refractivity contribution in [3.63, 3.8) is 0 Å². The molecule has 18 heavy (non-hydrogen) atoms. The van der Waals surface area contributed by atoms with Gasteiger partial charge in [0.2, 0.25) is 0 Å². The van der Waals surface area contributed by atoms with Gasteiger partial charge >= 0.3 is 0 Å². The summed E-state index contributed by atoms with van der Waals surface area (Å²) in [7, 11) is 1.70. The quantitative estimate of drug-likeness (QED) is 0.870. The van der Waals surface area contributed by atoms with Crippen molar-refractivity contribution in [2.24, 2.45) is 0 Å². The number of ether oxygens (including phenoxy) is 2. The SMILES string of the molecule is CCNC(c1cccc(OC)c1)C1CCC(C)O1. The number of methoxy groups -OCH3 is 1. The summed E-state index contributed by atoms with van der Waals surface area (Å²) in [5.74, 6) is 0.904. The van der Waals surface area contributed by atoms with Crippen LogP contribution in [0.2, 0.25) is 0 Å². The van der Waals surface area contributed by atoms with Crippen molar-refractivity contribution >= 4 is 0 Å². The Balaban J connectivity index is 2.17. The minimum atomic E-state index is 0.259. The molecule has 0 bridgehead atoms. The van der Waals surface area contributed by atoms with Gasteiger partial charge in [-0.3, -0.25) is 0 Å². The average Bonchev–Trinajstić information content (AvgIpc) is 2.82. The number of benzene rings is 1. The van der Waals surface area contributed by atoms with E-state index in [0.29, 0.717) is 6.10 Å². The van der Waals surface area contributed by atoms with Crippen LogP contribution in [0, 0.1) is 0 Å². The van der Waals surface area contributed by atoms with E-state index in [1.54, 1.807) is 7.11 Å². The summed E-state index contributed by atoms with van der Waals surface area (Å²) in [5, 5.41) is 3.53. The Morgan fingerprint density at radius 2 is 2.28 bits per heavy atom. The van der Waals surface area contributed by atoms with Gasteiger partial charge in [0, 0.05) is 0 Å². The van der Waals surface area contributed by atoms with E-state index in [2.05, 4.69) is 31.3 Å². The van der Waals surface area contributed by atoms with Crippen LogP contribution in [0.25, 0.3) is 0 Å². The molecule has 1 saturated heterocycles. The van der Waals surface area contributed by atoms with Crippen LogP contribution >= 0.6 is 0 Å². The Morgan fingerprint density at radius 3 is 2.89 bits per heavy atom. The van der Waals surface area contributed by atoms with Crippen LogP contribution in [0.5, 0.6) is 5.75 Å². The highest BCUT2D eigenvalue weighted by molar-refractivity contribution is 5.31. The summed E-state index contributed by atoms with van der Waals surface area (Å²) in [6.07, 6.45) is 2.92. The normalized spacial score (nSPS) is 25.1. The van der Waals surface area contributed by atoms with Gasteiger partial charge < -0.3 is 14.8 Å². The highest BCUT2D eigenvalue weighted by Crippen LogP contribution is 2.31. The highest BCUT2D eigenvalue weighted by atomic mass is 16.5. The van der Waals surface area contributed by atoms with Crippen molar-refractivity contribution in [2.75, 3.05) is 13.7 Å². The van der Waals surface area contributed by atoms with Crippen molar-refractivity contribution in [3.05, 3.63) is 29.8 Å². The summed E-state index contributed by atoms with van der Waals surface area (Å²) in [5.41, 5.74) is 1.25. The van der Waals surface area contributed by atoms with E-state index in [4.69, 9.17) is 9.47 Å². The third-order valence-corrected chi connectivity index (χ3v) is 3.51. The van der Waals surface area contributed by atoms with E-state index in [1.165, 1.54) is 5.56 Å². The minimum absolute atomic E-state index is 0.259. The van der Waals surface area contributed by atoms with Crippen molar-refractivity contribution < 1.29 is 9.47 Å². The number of hydrogen-bond acceptors (Lipinski definition) is 3. The van der Waals surface area contributed by atoms with Gasteiger partial charge in [-0.25, -0.2) is 0 Å². The number of nitrogens with one attached hydrogen (secondary N) is 1. The van der Waals surface area contributed by atoms with Crippen LogP contribution in [0.3, 0.4) is 0 Å². The maximum atomic E-state index is 6.00. The summed E-state index contributed by atoms with van der Waals surface area (Å²) in [4.78, 5) is 0. The molecule has 100 valence electrons. The zero-order valence-electron chi connectivity index (χ0n) is 11.5. The predicted octanol–water partition coefficient (Wildman–Crippen LogP) is 2.91. The van der Waals surface area contributed by atoms with E-state index < -0.39 is 0 Å². The van der Waals surface area contributed by atoms with Gasteiger partial charge in [-0.1, -0.05) is 19.1 Å². The Labute approximate surface area is 109 Å². The zero-order chi connectivity index (χ0) is 13.0. The van der Waals surface area contributed by atoms with Gasteiger partial charge in [0.25, 0.3) is 0 Å². The molecule has 3 nitrogen and oxygen atoms in total. The van der Waals surface area contributed by atoms with Crippen molar-refractivity contribution in [1.29, 1.82) is 0 Å². The van der Waals surface area contributed by atoms with Crippen molar-refractivity contribution in [1.82, 2.24) is 5.32 Å². The van der Waals surface area contributed by atoms with Crippen molar-refractivity contribution in [2.45, 2.75) is 44.9 Å². The Kier molecular flexibility index (Phi) is 4.61. The minimum Gasteiger partial charge on any atom is -0.497 e. The number of rotatable bonds is 5. The van der Waals surface area contributed by atoms with Crippen LogP contribution in [-0.2, 0) is 4.74 Å². The lowest BCUT2D eigenvalue weighted by Crippen LogP contribution is -2.32. The molecule has 0 radical (unpaired) electrons. The third kappa shape index (κ3) is 3.03. The lowest BCUT2D eigenvalue weighted by molar-refractivity contribution is 0.0319. The smallest absolute Gasteiger partial charge is 0.119 e. The van der Waals surface area contributed by atoms with Gasteiger partial charge in [0.15, 0.2) is 0 Å². The Bertz CT molecular complexity index is 381. The second-order valence-corrected chi connectivity index (χ2v) is 4.87. The maximum absolute atomic E-state index is 6.00. The molecule has 1 aliphatic rings. The summed E-state index contributed by atoms with van der Waals surface area (Å²) < 4.78 is 11.3. The van der Waals surface area contributed by atoms with Crippen LogP contribution in [0.1, 0.15) is 38.3 Å². The lowest BCUT2D eigenvalue weighted by Gasteiger charge is -2.25. The average molecular weight is 249 g/mol. The fourth-order valence-corrected chi connectivity index (χ4v) is 2.60. The molecule has 0 amide bonds. The third-order valence-electron chi connectivity index (χ3n) is 3.51. The number of likely N-dealkylation sites (N-methyl/N-ethyl adjacent to an activating group) is 1. The molecular formula is C15H23NO2. The zero-order valence-corrected chi connectivity index (χ0v) is 11.5. The fraction of sp³-hybridized carbons (Fsp3) is 0.600. The lowest BCUT2D eigenvalue weighted by atomic mass is 9.99. The molecule has 1 aromatic carbocycles. The molecule has 3 unspecified atom stereocenters. The first kappa shape index (κ1) is 13.4. The van der Waals surface area contributed by atoms with E-state index in [1.807, 2.05) is 12.1 Å². The summed E-state index contributed by atoms with van der Waals surface area (Å²) >= 11 is 0. The summed E-state index contributed by atoms with van der Waals surface area (Å²) in [6, 6.07) is 8.51. The van der Waals surface area contributed by atoms with Crippen LogP contribution in [0.4, 0.5) is 0 Å². The molecule has 0 aromatic heterocycles. The molecule has 1 heterocycles. The first-order valence-corrected chi connectivity index (χ1v) is 6.77. The molecule has 1 aromatic rings. The molecule has 1 aliphatic heterocycles. The second-order valence-electron chi connectivity index (χ2n) is 4.87. The molecular weight excluding hydrogens is 226 g/mol. The van der Waals surface area contributed by atoms with Gasteiger partial charge in [-0.15, -0.1) is 0 Å². The first-order valence-electron chi connectivity index (χ1n) is 6.77. The maximum Gasteiger partial charge on any atom is 0.119 e. The van der Waals surface area contributed by atoms with Gasteiger partial charge in [0.1, 0.15) is 5.75 Å². The standard InChI is InChI=1S/C15H23NO2/c1-4-16-15(14-9-8-11(2)18-14)12-6-5-7-13(10-12)17-3/h5-7,10-11,14-16H,4,8-9H2,1-3H3. The van der Waals surface area contributed by atoms with Gasteiger partial charge in [0.05, 0.1) is 25.4 Å². The van der Waals surface area contributed by atoms with Gasteiger partial charge in [-0.05, 0) is 44.0 Å². The van der Waals surface area contributed by atoms with E-state index in [0.717, 1.165) is 25.1 Å². The Hall–Kier alpha value is -1.06.